The second kappa shape index (κ2) is 15.1. The Labute approximate surface area is 301 Å². The number of ether oxygens (including phenoxy) is 2. The highest BCUT2D eigenvalue weighted by Gasteiger charge is 2.31. The van der Waals surface area contributed by atoms with Crippen molar-refractivity contribution < 1.29 is 19.1 Å². The molecule has 0 saturated heterocycles. The third-order valence-electron chi connectivity index (χ3n) is 9.68. The molecule has 1 aliphatic rings. The van der Waals surface area contributed by atoms with Crippen LogP contribution in [0.15, 0.2) is 48.7 Å². The lowest BCUT2D eigenvalue weighted by Gasteiger charge is -2.35. The molecular formula is C39H54N8O4. The quantitative estimate of drug-likeness (QED) is 0.147. The largest absolute Gasteiger partial charge is 0.484 e. The molecule has 51 heavy (non-hydrogen) atoms. The number of Topliss-reactive ketones (excluding diaryl/α,β-unsaturated/α-hetero) is 1. The molecular weight excluding hydrogens is 644 g/mol. The van der Waals surface area contributed by atoms with Crippen molar-refractivity contribution in [3.05, 3.63) is 77.1 Å². The zero-order valence-corrected chi connectivity index (χ0v) is 31.8. The molecule has 5 rings (SSSR count). The van der Waals surface area contributed by atoms with E-state index in [1.54, 1.807) is 13.2 Å². The third kappa shape index (κ3) is 9.09. The monoisotopic (exact) mass is 698 g/mol. The molecule has 3 aromatic heterocycles. The van der Waals surface area contributed by atoms with Gasteiger partial charge in [-0.15, -0.1) is 10.2 Å². The fraction of sp³-hybridized carbons (Fsp3) is 0.538. The van der Waals surface area contributed by atoms with E-state index in [1.165, 1.54) is 0 Å². The molecule has 0 fully saturated rings. The van der Waals surface area contributed by atoms with Crippen LogP contribution in [0, 0.1) is 0 Å². The van der Waals surface area contributed by atoms with Gasteiger partial charge in [0.25, 0.3) is 0 Å². The summed E-state index contributed by atoms with van der Waals surface area (Å²) < 4.78 is 13.8. The number of methoxy groups -OCH3 is 1. The van der Waals surface area contributed by atoms with Gasteiger partial charge < -0.3 is 14.8 Å². The van der Waals surface area contributed by atoms with Crippen molar-refractivity contribution in [2.45, 2.75) is 110 Å². The number of ketones is 1. The molecule has 1 aromatic carbocycles. The minimum absolute atomic E-state index is 0.107. The normalized spacial score (nSPS) is 16.6. The number of hydrogen-bond donors (Lipinski definition) is 2. The number of fused-ring (bicyclic) bond motifs is 2. The average Bonchev–Trinajstić information content (AvgIpc) is 3.51. The minimum Gasteiger partial charge on any atom is -0.484 e. The van der Waals surface area contributed by atoms with Crippen LogP contribution in [-0.2, 0) is 15.6 Å². The first-order valence-corrected chi connectivity index (χ1v) is 17.8. The Morgan fingerprint density at radius 2 is 1.67 bits per heavy atom. The third-order valence-corrected chi connectivity index (χ3v) is 9.68. The summed E-state index contributed by atoms with van der Waals surface area (Å²) in [4.78, 5) is 38.3. The number of nitrogens with one attached hydrogen (secondary N) is 2. The van der Waals surface area contributed by atoms with Gasteiger partial charge >= 0.3 is 6.03 Å². The fourth-order valence-corrected chi connectivity index (χ4v) is 6.22. The van der Waals surface area contributed by atoms with Crippen molar-refractivity contribution >= 4 is 23.3 Å². The first-order chi connectivity index (χ1) is 24.0. The first kappa shape index (κ1) is 37.8. The molecule has 0 saturated carbocycles. The minimum atomic E-state index is -0.403. The number of carbonyl (C=O) groups is 2. The molecule has 12 nitrogen and oxygen atoms in total. The predicted molar refractivity (Wildman–Crippen MR) is 199 cm³/mol. The zero-order chi connectivity index (χ0) is 37.1. The van der Waals surface area contributed by atoms with Gasteiger partial charge in [-0.3, -0.25) is 19.4 Å². The lowest BCUT2D eigenvalue weighted by Crippen LogP contribution is -2.43. The number of pyridine rings is 1. The number of benzene rings is 1. The van der Waals surface area contributed by atoms with Crippen LogP contribution in [0.3, 0.4) is 0 Å². The lowest BCUT2D eigenvalue weighted by molar-refractivity contribution is 0.0826. The van der Waals surface area contributed by atoms with E-state index in [4.69, 9.17) is 9.47 Å². The van der Waals surface area contributed by atoms with E-state index in [2.05, 4.69) is 76.4 Å². The van der Waals surface area contributed by atoms with Crippen molar-refractivity contribution in [3.63, 3.8) is 0 Å². The van der Waals surface area contributed by atoms with Crippen molar-refractivity contribution in [1.82, 2.24) is 34.8 Å². The van der Waals surface area contributed by atoms with Gasteiger partial charge in [0.2, 0.25) is 0 Å². The van der Waals surface area contributed by atoms with Crippen molar-refractivity contribution in [1.29, 1.82) is 0 Å². The molecule has 0 bridgehead atoms. The number of likely N-dealkylation sites (N-methyl/N-ethyl adjacent to an activating group) is 1. The number of nitrogens with zero attached hydrogens (tertiary/aromatic N) is 6. The highest BCUT2D eigenvalue weighted by Crippen LogP contribution is 2.39. The number of aromatic nitrogens is 5. The summed E-state index contributed by atoms with van der Waals surface area (Å²) in [5.41, 5.74) is 2.70. The van der Waals surface area contributed by atoms with Crippen molar-refractivity contribution in [2.75, 3.05) is 32.6 Å². The van der Waals surface area contributed by atoms with E-state index in [0.29, 0.717) is 31.6 Å². The highest BCUT2D eigenvalue weighted by atomic mass is 16.5. The van der Waals surface area contributed by atoms with Crippen LogP contribution in [-0.4, -0.2) is 74.1 Å². The Balaban J connectivity index is 1.29. The van der Waals surface area contributed by atoms with Crippen LogP contribution < -0.4 is 15.4 Å². The maximum atomic E-state index is 13.5. The van der Waals surface area contributed by atoms with E-state index >= 15 is 0 Å². The molecule has 1 aliphatic carbocycles. The van der Waals surface area contributed by atoms with Crippen LogP contribution in [0.4, 0.5) is 10.6 Å². The number of anilines is 1. The number of urea groups is 1. The number of rotatable bonds is 12. The Morgan fingerprint density at radius 1 is 0.941 bits per heavy atom. The summed E-state index contributed by atoms with van der Waals surface area (Å²) in [7, 11) is 3.71. The van der Waals surface area contributed by atoms with Crippen LogP contribution in [0.25, 0.3) is 5.65 Å². The molecule has 0 radical (unpaired) electrons. The molecule has 274 valence electrons. The van der Waals surface area contributed by atoms with Gasteiger partial charge in [-0.2, -0.15) is 0 Å². The molecule has 0 spiro atoms. The number of carbonyl (C=O) groups excluding carboxylic acids is 2. The fourth-order valence-electron chi connectivity index (χ4n) is 6.22. The van der Waals surface area contributed by atoms with E-state index in [-0.39, 0.29) is 52.4 Å². The van der Waals surface area contributed by atoms with Gasteiger partial charge in [0.15, 0.2) is 17.3 Å². The van der Waals surface area contributed by atoms with Crippen molar-refractivity contribution in [3.8, 4) is 5.75 Å². The SMILES string of the molecule is COCCN(C)C(C)(C)CCC(=O)c1nc(NC(=O)N[C@H]2CC[C@@H](Oc3ccc4nnc(C(C)(C)C)n4c3)c3ccccc32)cc(C(C)(C)C)n1. The Hall–Kier alpha value is -4.42. The Morgan fingerprint density at radius 3 is 2.35 bits per heavy atom. The molecule has 2 amide bonds. The molecule has 2 atom stereocenters. The summed E-state index contributed by atoms with van der Waals surface area (Å²) >= 11 is 0. The summed E-state index contributed by atoms with van der Waals surface area (Å²) in [5.74, 6) is 1.82. The van der Waals surface area contributed by atoms with Crippen LogP contribution >= 0.6 is 0 Å². The smallest absolute Gasteiger partial charge is 0.320 e. The molecule has 0 aliphatic heterocycles. The van der Waals surface area contributed by atoms with Gasteiger partial charge in [0.1, 0.15) is 23.5 Å². The molecule has 2 N–H and O–H groups in total. The Bertz CT molecular complexity index is 1860. The second-order valence-corrected chi connectivity index (χ2v) is 16.2. The summed E-state index contributed by atoms with van der Waals surface area (Å²) in [5, 5.41) is 14.8. The molecule has 4 aromatic rings. The van der Waals surface area contributed by atoms with E-state index < -0.39 is 6.03 Å². The van der Waals surface area contributed by atoms with Gasteiger partial charge in [-0.05, 0) is 63.4 Å². The standard InChI is InChI=1S/C39H54N8O4/c1-37(2,3)31-23-32(42-34(41-31)29(48)19-20-39(7,8)46(9)21-22-50-10)43-36(49)40-28-16-17-30(27-14-12-11-13-26(27)28)51-25-15-18-33-44-45-35(38(4,5)6)47(33)24-25/h11-15,18,23-24,28,30H,16-17,19-22H2,1-10H3,(H2,40,41,42,43,49)/t28-,30+/m0/s1. The molecule has 0 unspecified atom stereocenters. The molecule has 12 heteroatoms. The number of hydrogen-bond acceptors (Lipinski definition) is 9. The summed E-state index contributed by atoms with van der Waals surface area (Å²) in [6.07, 6.45) is 4.03. The van der Waals surface area contributed by atoms with E-state index in [9.17, 15) is 9.59 Å². The highest BCUT2D eigenvalue weighted by molar-refractivity contribution is 5.94. The van der Waals surface area contributed by atoms with Gasteiger partial charge in [-0.1, -0.05) is 65.8 Å². The maximum absolute atomic E-state index is 13.5. The Kier molecular flexibility index (Phi) is 11.2. The second-order valence-electron chi connectivity index (χ2n) is 16.2. The van der Waals surface area contributed by atoms with Crippen LogP contribution in [0.2, 0.25) is 0 Å². The summed E-state index contributed by atoms with van der Waals surface area (Å²) in [6, 6.07) is 13.0. The van der Waals surface area contributed by atoms with Crippen LogP contribution in [0.5, 0.6) is 5.75 Å². The lowest BCUT2D eigenvalue weighted by atomic mass is 9.85. The van der Waals surface area contributed by atoms with E-state index in [0.717, 1.165) is 34.9 Å². The average molecular weight is 699 g/mol. The van der Waals surface area contributed by atoms with E-state index in [1.807, 2.05) is 68.7 Å². The molecule has 3 heterocycles. The van der Waals surface area contributed by atoms with Gasteiger partial charge in [0, 0.05) is 42.5 Å². The van der Waals surface area contributed by atoms with Crippen molar-refractivity contribution in [2.24, 2.45) is 0 Å². The van der Waals surface area contributed by atoms with Crippen LogP contribution in [0.1, 0.15) is 126 Å². The topological polar surface area (TPSA) is 136 Å². The van der Waals surface area contributed by atoms with Gasteiger partial charge in [0.05, 0.1) is 24.5 Å². The van der Waals surface area contributed by atoms with Gasteiger partial charge in [-0.25, -0.2) is 14.8 Å². The maximum Gasteiger partial charge on any atom is 0.320 e. The number of amides is 2. The predicted octanol–water partition coefficient (Wildman–Crippen LogP) is 7.21. The first-order valence-electron chi connectivity index (χ1n) is 17.8. The zero-order valence-electron chi connectivity index (χ0n) is 31.8. The summed E-state index contributed by atoms with van der Waals surface area (Å²) in [6.45, 7) is 18.0.